The van der Waals surface area contributed by atoms with E-state index in [1.165, 1.54) is 0 Å². The van der Waals surface area contributed by atoms with Crippen LogP contribution in [0.1, 0.15) is 11.4 Å². The molecule has 0 aliphatic carbocycles. The smallest absolute Gasteiger partial charge is 0.254 e. The van der Waals surface area contributed by atoms with Crippen molar-refractivity contribution in [3.63, 3.8) is 0 Å². The summed E-state index contributed by atoms with van der Waals surface area (Å²) in [6.45, 7) is 0. The first-order chi connectivity index (χ1) is 7.63. The van der Waals surface area contributed by atoms with Crippen LogP contribution in [0.3, 0.4) is 0 Å². The number of hydrogen-bond donors (Lipinski definition) is 2. The van der Waals surface area contributed by atoms with E-state index in [0.29, 0.717) is 17.3 Å². The summed E-state index contributed by atoms with van der Waals surface area (Å²) in [6.07, 6.45) is 0.445. The summed E-state index contributed by atoms with van der Waals surface area (Å²) >= 11 is 5.75. The first-order valence-corrected chi connectivity index (χ1v) is 5.05. The highest BCUT2D eigenvalue weighted by Gasteiger charge is 2.01. The maximum absolute atomic E-state index is 11.1. The standard InChI is InChI=1S/C11H9ClN2O2/c12-8-3-1-7(2-4-8)5-9-13-10(15)6-11(16)14-9/h1-4,6H,5H2,(H2,13,14,15,16). The van der Waals surface area contributed by atoms with Crippen LogP contribution < -0.4 is 5.56 Å². The van der Waals surface area contributed by atoms with Crippen molar-refractivity contribution in [2.45, 2.75) is 6.42 Å². The molecule has 2 rings (SSSR count). The molecule has 1 aromatic heterocycles. The van der Waals surface area contributed by atoms with Crippen molar-refractivity contribution in [1.82, 2.24) is 9.97 Å². The molecule has 2 aromatic rings. The molecule has 0 atom stereocenters. The molecule has 0 saturated carbocycles. The van der Waals surface area contributed by atoms with Gasteiger partial charge in [0.2, 0.25) is 5.88 Å². The van der Waals surface area contributed by atoms with Crippen LogP contribution >= 0.6 is 11.6 Å². The Labute approximate surface area is 96.6 Å². The van der Waals surface area contributed by atoms with Gasteiger partial charge in [-0.2, -0.15) is 4.98 Å². The summed E-state index contributed by atoms with van der Waals surface area (Å²) < 4.78 is 0. The minimum atomic E-state index is -0.364. The number of aromatic amines is 1. The van der Waals surface area contributed by atoms with Crippen LogP contribution in [0.2, 0.25) is 5.02 Å². The van der Waals surface area contributed by atoms with Crippen LogP contribution in [-0.2, 0) is 6.42 Å². The van der Waals surface area contributed by atoms with Gasteiger partial charge in [0.25, 0.3) is 5.56 Å². The number of nitrogens with one attached hydrogen (secondary N) is 1. The zero-order valence-corrected chi connectivity index (χ0v) is 9.03. The molecule has 0 bridgehead atoms. The Kier molecular flexibility index (Phi) is 2.92. The predicted octanol–water partition coefficient (Wildman–Crippen LogP) is 1.72. The zero-order valence-electron chi connectivity index (χ0n) is 8.27. The Hall–Kier alpha value is -1.81. The lowest BCUT2D eigenvalue weighted by molar-refractivity contribution is 0.448. The molecule has 2 N–H and O–H groups in total. The summed E-state index contributed by atoms with van der Waals surface area (Å²) in [4.78, 5) is 17.4. The number of aromatic hydroxyl groups is 1. The molecule has 0 aliphatic heterocycles. The minimum absolute atomic E-state index is 0.271. The lowest BCUT2D eigenvalue weighted by Crippen LogP contribution is -2.09. The van der Waals surface area contributed by atoms with Gasteiger partial charge in [-0.3, -0.25) is 4.79 Å². The van der Waals surface area contributed by atoms with Gasteiger partial charge in [0.05, 0.1) is 6.07 Å². The number of nitrogens with zero attached hydrogens (tertiary/aromatic N) is 1. The molecule has 5 heteroatoms. The largest absolute Gasteiger partial charge is 0.493 e. The number of benzene rings is 1. The van der Waals surface area contributed by atoms with E-state index in [-0.39, 0.29) is 11.4 Å². The lowest BCUT2D eigenvalue weighted by Gasteiger charge is -2.01. The van der Waals surface area contributed by atoms with Crippen molar-refractivity contribution < 1.29 is 5.11 Å². The van der Waals surface area contributed by atoms with Crippen molar-refractivity contribution >= 4 is 11.6 Å². The van der Waals surface area contributed by atoms with Gasteiger partial charge in [-0.25, -0.2) is 0 Å². The van der Waals surface area contributed by atoms with Crippen molar-refractivity contribution in [2.24, 2.45) is 0 Å². The fourth-order valence-electron chi connectivity index (χ4n) is 1.37. The first-order valence-electron chi connectivity index (χ1n) is 4.67. The summed E-state index contributed by atoms with van der Waals surface area (Å²) in [5.41, 5.74) is 0.592. The molecule has 0 aliphatic rings. The van der Waals surface area contributed by atoms with E-state index in [4.69, 9.17) is 16.7 Å². The van der Waals surface area contributed by atoms with E-state index in [1.54, 1.807) is 12.1 Å². The number of hydrogen-bond acceptors (Lipinski definition) is 3. The van der Waals surface area contributed by atoms with Gasteiger partial charge >= 0.3 is 0 Å². The highest BCUT2D eigenvalue weighted by atomic mass is 35.5. The average Bonchev–Trinajstić information content (AvgIpc) is 2.20. The molecular formula is C11H9ClN2O2. The second-order valence-corrected chi connectivity index (χ2v) is 3.79. The van der Waals surface area contributed by atoms with E-state index < -0.39 is 0 Å². The van der Waals surface area contributed by atoms with Gasteiger partial charge in [0, 0.05) is 11.4 Å². The molecule has 1 aromatic carbocycles. The molecular weight excluding hydrogens is 228 g/mol. The lowest BCUT2D eigenvalue weighted by atomic mass is 10.1. The molecule has 0 radical (unpaired) electrons. The van der Waals surface area contributed by atoms with Crippen LogP contribution in [0.25, 0.3) is 0 Å². The second kappa shape index (κ2) is 4.37. The topological polar surface area (TPSA) is 66.0 Å². The maximum Gasteiger partial charge on any atom is 0.254 e. The number of rotatable bonds is 2. The third-order valence-electron chi connectivity index (χ3n) is 2.06. The fourth-order valence-corrected chi connectivity index (χ4v) is 1.50. The quantitative estimate of drug-likeness (QED) is 0.834. The van der Waals surface area contributed by atoms with Crippen LogP contribution in [0.4, 0.5) is 0 Å². The van der Waals surface area contributed by atoms with Crippen molar-refractivity contribution in [3.8, 4) is 5.88 Å². The highest BCUT2D eigenvalue weighted by Crippen LogP contribution is 2.12. The summed E-state index contributed by atoms with van der Waals surface area (Å²) in [6, 6.07) is 8.24. The van der Waals surface area contributed by atoms with Gasteiger partial charge in [0.1, 0.15) is 5.82 Å². The van der Waals surface area contributed by atoms with Crippen molar-refractivity contribution in [2.75, 3.05) is 0 Å². The van der Waals surface area contributed by atoms with Crippen LogP contribution in [0, 0.1) is 0 Å². The Morgan fingerprint density at radius 3 is 2.62 bits per heavy atom. The van der Waals surface area contributed by atoms with Crippen LogP contribution in [0.5, 0.6) is 5.88 Å². The SMILES string of the molecule is O=c1cc(O)nc(Cc2ccc(Cl)cc2)[nH]1. The third kappa shape index (κ3) is 2.61. The van der Waals surface area contributed by atoms with Crippen molar-refractivity contribution in [3.05, 3.63) is 57.1 Å². The molecule has 0 saturated heterocycles. The summed E-state index contributed by atoms with van der Waals surface area (Å²) in [7, 11) is 0. The molecule has 0 amide bonds. The third-order valence-corrected chi connectivity index (χ3v) is 2.31. The molecule has 1 heterocycles. The minimum Gasteiger partial charge on any atom is -0.493 e. The average molecular weight is 237 g/mol. The van der Waals surface area contributed by atoms with Gasteiger partial charge in [0.15, 0.2) is 0 Å². The van der Waals surface area contributed by atoms with Crippen molar-refractivity contribution in [1.29, 1.82) is 0 Å². The molecule has 16 heavy (non-hydrogen) atoms. The Balaban J connectivity index is 2.26. The van der Waals surface area contributed by atoms with Crippen LogP contribution in [0.15, 0.2) is 35.1 Å². The molecule has 4 nitrogen and oxygen atoms in total. The number of halogens is 1. The van der Waals surface area contributed by atoms with Crippen LogP contribution in [-0.4, -0.2) is 15.1 Å². The van der Waals surface area contributed by atoms with E-state index in [9.17, 15) is 4.79 Å². The van der Waals surface area contributed by atoms with Gasteiger partial charge < -0.3 is 10.1 Å². The first kappa shape index (κ1) is 10.7. The van der Waals surface area contributed by atoms with Gasteiger partial charge in [-0.15, -0.1) is 0 Å². The Morgan fingerprint density at radius 1 is 1.31 bits per heavy atom. The Morgan fingerprint density at radius 2 is 2.00 bits per heavy atom. The number of H-pyrrole nitrogens is 1. The van der Waals surface area contributed by atoms with Gasteiger partial charge in [-0.1, -0.05) is 23.7 Å². The van der Waals surface area contributed by atoms with E-state index >= 15 is 0 Å². The van der Waals surface area contributed by atoms with E-state index in [1.807, 2.05) is 12.1 Å². The monoisotopic (exact) mass is 236 g/mol. The normalized spacial score (nSPS) is 10.3. The van der Waals surface area contributed by atoms with E-state index in [2.05, 4.69) is 9.97 Å². The second-order valence-electron chi connectivity index (χ2n) is 3.35. The predicted molar refractivity (Wildman–Crippen MR) is 60.8 cm³/mol. The summed E-state index contributed by atoms with van der Waals surface area (Å²) in [5, 5.41) is 9.82. The zero-order chi connectivity index (χ0) is 11.5. The fraction of sp³-hybridized carbons (Fsp3) is 0.0909. The summed E-state index contributed by atoms with van der Waals surface area (Å²) in [5.74, 6) is 0.153. The number of aromatic nitrogens is 2. The highest BCUT2D eigenvalue weighted by molar-refractivity contribution is 6.30. The maximum atomic E-state index is 11.1. The van der Waals surface area contributed by atoms with E-state index in [0.717, 1.165) is 11.6 Å². The molecule has 0 unspecified atom stereocenters. The Bertz CT molecular complexity index is 549. The molecule has 82 valence electrons. The molecule has 0 fully saturated rings. The molecule has 0 spiro atoms. The van der Waals surface area contributed by atoms with Gasteiger partial charge in [-0.05, 0) is 17.7 Å².